The van der Waals surface area contributed by atoms with Crippen LogP contribution in [-0.2, 0) is 4.79 Å². The summed E-state index contributed by atoms with van der Waals surface area (Å²) in [7, 11) is 1.56. The van der Waals surface area contributed by atoms with Gasteiger partial charge >= 0.3 is 0 Å². The van der Waals surface area contributed by atoms with E-state index in [2.05, 4.69) is 10.9 Å². The summed E-state index contributed by atoms with van der Waals surface area (Å²) in [4.78, 5) is 23.4. The molecule has 0 spiro atoms. The first-order chi connectivity index (χ1) is 11.1. The normalized spacial score (nSPS) is 9.83. The molecule has 0 heterocycles. The Morgan fingerprint density at radius 1 is 0.957 bits per heavy atom. The Bertz CT molecular complexity index is 671. The summed E-state index contributed by atoms with van der Waals surface area (Å²) in [5.74, 6) is 0.282. The van der Waals surface area contributed by atoms with E-state index in [1.807, 2.05) is 0 Å². The van der Waals surface area contributed by atoms with Gasteiger partial charge in [-0.05, 0) is 48.5 Å². The van der Waals surface area contributed by atoms with E-state index in [1.54, 1.807) is 55.6 Å². The van der Waals surface area contributed by atoms with Crippen LogP contribution in [0, 0.1) is 0 Å². The van der Waals surface area contributed by atoms with E-state index in [1.165, 1.54) is 0 Å². The molecule has 2 aromatic carbocycles. The predicted molar refractivity (Wildman–Crippen MR) is 85.5 cm³/mol. The largest absolute Gasteiger partial charge is 0.497 e. The lowest BCUT2D eigenvalue weighted by molar-refractivity contribution is -0.123. The quantitative estimate of drug-likeness (QED) is 0.822. The van der Waals surface area contributed by atoms with Gasteiger partial charge in [-0.25, -0.2) is 0 Å². The Morgan fingerprint density at radius 3 is 2.17 bits per heavy atom. The van der Waals surface area contributed by atoms with E-state index in [0.717, 1.165) is 0 Å². The Balaban J connectivity index is 1.76. The lowest BCUT2D eigenvalue weighted by Crippen LogP contribution is -2.43. The molecule has 0 aromatic heterocycles. The summed E-state index contributed by atoms with van der Waals surface area (Å²) >= 11 is 5.74. The van der Waals surface area contributed by atoms with Crippen LogP contribution in [0.3, 0.4) is 0 Å². The Morgan fingerprint density at radius 2 is 1.57 bits per heavy atom. The van der Waals surface area contributed by atoms with Crippen LogP contribution in [0.5, 0.6) is 11.5 Å². The summed E-state index contributed by atoms with van der Waals surface area (Å²) in [6.45, 7) is -0.229. The zero-order valence-corrected chi connectivity index (χ0v) is 13.1. The van der Waals surface area contributed by atoms with Crippen molar-refractivity contribution in [1.29, 1.82) is 0 Å². The molecule has 2 N–H and O–H groups in total. The highest BCUT2D eigenvalue weighted by atomic mass is 35.5. The van der Waals surface area contributed by atoms with Gasteiger partial charge in [-0.2, -0.15) is 0 Å². The summed E-state index contributed by atoms with van der Waals surface area (Å²) in [6, 6.07) is 13.1. The predicted octanol–water partition coefficient (Wildman–Crippen LogP) is 2.19. The highest BCUT2D eigenvalue weighted by Crippen LogP contribution is 2.16. The van der Waals surface area contributed by atoms with Crippen molar-refractivity contribution in [2.75, 3.05) is 13.7 Å². The second-order valence-electron chi connectivity index (χ2n) is 4.47. The van der Waals surface area contributed by atoms with Crippen molar-refractivity contribution in [1.82, 2.24) is 10.9 Å². The molecule has 120 valence electrons. The molecule has 0 unspecified atom stereocenters. The van der Waals surface area contributed by atoms with Crippen LogP contribution in [0.2, 0.25) is 5.02 Å². The summed E-state index contributed by atoms with van der Waals surface area (Å²) in [6.07, 6.45) is 0. The minimum Gasteiger partial charge on any atom is -0.497 e. The molecule has 2 rings (SSSR count). The highest BCUT2D eigenvalue weighted by molar-refractivity contribution is 6.30. The van der Waals surface area contributed by atoms with Gasteiger partial charge in [0, 0.05) is 10.6 Å². The fraction of sp³-hybridized carbons (Fsp3) is 0.125. The molecular weight excluding hydrogens is 320 g/mol. The van der Waals surface area contributed by atoms with Gasteiger partial charge in [-0.15, -0.1) is 0 Å². The van der Waals surface area contributed by atoms with Gasteiger partial charge in [-0.3, -0.25) is 20.4 Å². The average Bonchev–Trinajstić information content (AvgIpc) is 2.59. The molecule has 0 aliphatic carbocycles. The number of rotatable bonds is 5. The molecule has 0 aliphatic heterocycles. The van der Waals surface area contributed by atoms with Crippen molar-refractivity contribution in [3.05, 3.63) is 59.1 Å². The van der Waals surface area contributed by atoms with Gasteiger partial charge < -0.3 is 9.47 Å². The SMILES string of the molecule is COc1ccc(OCC(=O)NNC(=O)c2ccc(Cl)cc2)cc1. The van der Waals surface area contributed by atoms with Gasteiger partial charge in [0.25, 0.3) is 11.8 Å². The van der Waals surface area contributed by atoms with Gasteiger partial charge in [0.15, 0.2) is 6.61 Å². The Labute approximate surface area is 138 Å². The first-order valence-electron chi connectivity index (χ1n) is 6.70. The van der Waals surface area contributed by atoms with Crippen molar-refractivity contribution >= 4 is 23.4 Å². The lowest BCUT2D eigenvalue weighted by atomic mass is 10.2. The van der Waals surface area contributed by atoms with Gasteiger partial charge in [0.2, 0.25) is 0 Å². The molecule has 0 saturated carbocycles. The number of ether oxygens (including phenoxy) is 2. The van der Waals surface area contributed by atoms with Crippen LogP contribution in [0.1, 0.15) is 10.4 Å². The number of benzene rings is 2. The molecule has 2 aromatic rings. The second kappa shape index (κ2) is 8.05. The number of carbonyl (C=O) groups excluding carboxylic acids is 2. The minimum atomic E-state index is -0.483. The van der Waals surface area contributed by atoms with Crippen molar-refractivity contribution in [2.24, 2.45) is 0 Å². The van der Waals surface area contributed by atoms with E-state index >= 15 is 0 Å². The third-order valence-electron chi connectivity index (χ3n) is 2.85. The molecular formula is C16H15ClN2O4. The zero-order valence-electron chi connectivity index (χ0n) is 12.3. The summed E-state index contributed by atoms with van der Waals surface area (Å²) < 4.78 is 10.3. The molecule has 0 atom stereocenters. The number of nitrogens with one attached hydrogen (secondary N) is 2. The van der Waals surface area contributed by atoms with E-state index in [4.69, 9.17) is 21.1 Å². The fourth-order valence-corrected chi connectivity index (χ4v) is 1.78. The molecule has 0 bridgehead atoms. The molecule has 0 fully saturated rings. The third-order valence-corrected chi connectivity index (χ3v) is 3.10. The van der Waals surface area contributed by atoms with Crippen LogP contribution in [0.15, 0.2) is 48.5 Å². The van der Waals surface area contributed by atoms with Crippen molar-refractivity contribution in [3.63, 3.8) is 0 Å². The van der Waals surface area contributed by atoms with E-state index in [9.17, 15) is 9.59 Å². The lowest BCUT2D eigenvalue weighted by Gasteiger charge is -2.09. The van der Waals surface area contributed by atoms with Gasteiger partial charge in [-0.1, -0.05) is 11.6 Å². The topological polar surface area (TPSA) is 76.7 Å². The maximum absolute atomic E-state index is 11.8. The standard InChI is InChI=1S/C16H15ClN2O4/c1-22-13-6-8-14(9-7-13)23-10-15(20)18-19-16(21)11-2-4-12(17)5-3-11/h2-9H,10H2,1H3,(H,18,20)(H,19,21). The van der Waals surface area contributed by atoms with E-state index in [-0.39, 0.29) is 6.61 Å². The molecule has 6 nitrogen and oxygen atoms in total. The van der Waals surface area contributed by atoms with E-state index < -0.39 is 11.8 Å². The molecule has 7 heteroatoms. The number of hydrazine groups is 1. The minimum absolute atomic E-state index is 0.229. The van der Waals surface area contributed by atoms with Crippen LogP contribution in [0.25, 0.3) is 0 Å². The van der Waals surface area contributed by atoms with Crippen molar-refractivity contribution in [3.8, 4) is 11.5 Å². The van der Waals surface area contributed by atoms with Crippen LogP contribution in [0.4, 0.5) is 0 Å². The highest BCUT2D eigenvalue weighted by Gasteiger charge is 2.08. The zero-order chi connectivity index (χ0) is 16.7. The number of methoxy groups -OCH3 is 1. The first-order valence-corrected chi connectivity index (χ1v) is 7.08. The number of carbonyl (C=O) groups is 2. The molecule has 0 saturated heterocycles. The molecule has 2 amide bonds. The number of hydrogen-bond acceptors (Lipinski definition) is 4. The first kappa shape index (κ1) is 16.6. The molecule has 0 aliphatic rings. The molecule has 23 heavy (non-hydrogen) atoms. The van der Waals surface area contributed by atoms with Gasteiger partial charge in [0.05, 0.1) is 7.11 Å². The Hall–Kier alpha value is -2.73. The smallest absolute Gasteiger partial charge is 0.276 e. The van der Waals surface area contributed by atoms with Gasteiger partial charge in [0.1, 0.15) is 11.5 Å². The maximum Gasteiger partial charge on any atom is 0.276 e. The summed E-state index contributed by atoms with van der Waals surface area (Å²) in [5, 5.41) is 0.526. The average molecular weight is 335 g/mol. The van der Waals surface area contributed by atoms with Crippen LogP contribution < -0.4 is 20.3 Å². The van der Waals surface area contributed by atoms with Crippen molar-refractivity contribution in [2.45, 2.75) is 0 Å². The second-order valence-corrected chi connectivity index (χ2v) is 4.91. The molecule has 0 radical (unpaired) electrons. The number of amides is 2. The third kappa shape index (κ3) is 5.19. The summed E-state index contributed by atoms with van der Waals surface area (Å²) in [5.41, 5.74) is 4.94. The maximum atomic E-state index is 11.8. The Kier molecular flexibility index (Phi) is 5.82. The van der Waals surface area contributed by atoms with Crippen molar-refractivity contribution < 1.29 is 19.1 Å². The monoisotopic (exact) mass is 334 g/mol. The van der Waals surface area contributed by atoms with Crippen LogP contribution >= 0.6 is 11.6 Å². The number of hydrogen-bond donors (Lipinski definition) is 2. The fourth-order valence-electron chi connectivity index (χ4n) is 1.66. The van der Waals surface area contributed by atoms with Crippen LogP contribution in [-0.4, -0.2) is 25.5 Å². The number of halogens is 1. The van der Waals surface area contributed by atoms with E-state index in [0.29, 0.717) is 22.1 Å².